The van der Waals surface area contributed by atoms with Gasteiger partial charge in [0.05, 0.1) is 0 Å². The lowest BCUT2D eigenvalue weighted by atomic mass is 9.47. The molecule has 0 aromatic carbocycles. The summed E-state index contributed by atoms with van der Waals surface area (Å²) in [7, 11) is -37.0. The Kier molecular flexibility index (Phi) is 17.7. The van der Waals surface area contributed by atoms with Crippen molar-refractivity contribution in [1.29, 1.82) is 0 Å². The zero-order chi connectivity index (χ0) is 49.8. The van der Waals surface area contributed by atoms with Gasteiger partial charge in [-0.1, -0.05) is 65.5 Å². The standard InChI is InChI=1S/C34H62O26P6/c1-18(2)7-6-8-19(3)23-11-12-24-22-10-9-20-17-21(13-15-33(20,4)25(22)14-16-34(23,24)5)53-32(35)60-66(51,52)59-31-29(57-64(45,46)47)27(55-62(39,40)41)26(54-61(36,37)38)28(56-63(42,43)44)30(31)58-65(48,49)50/h9,18-19,21-31H,6-8,10-17H2,1-5H3,(H,51,52)(H2,36,37,38)(H2,39,40,41)(H2,42,43,44)(H2,45,46,47)(H2,48,49,50)/t19-,21+,22+,23-,24+,25+,26?,27-,28+,29-,30-,31?,33+,34-/m1/s1. The summed E-state index contributed by atoms with van der Waals surface area (Å²) in [5, 5.41) is 0. The number of phosphoric acid groups is 6. The highest BCUT2D eigenvalue weighted by Crippen LogP contribution is 2.68. The van der Waals surface area contributed by atoms with Gasteiger partial charge in [-0.25, -0.2) is 32.2 Å². The van der Waals surface area contributed by atoms with Crippen LogP contribution in [-0.2, 0) is 63.8 Å². The molecular formula is C34H62O26P6. The summed E-state index contributed by atoms with van der Waals surface area (Å²) in [6.45, 7) is 11.6. The molecule has 384 valence electrons. The summed E-state index contributed by atoms with van der Waals surface area (Å²) >= 11 is 0. The van der Waals surface area contributed by atoms with Crippen molar-refractivity contribution in [3.05, 3.63) is 11.6 Å². The van der Waals surface area contributed by atoms with Crippen molar-refractivity contribution >= 4 is 53.1 Å². The molecule has 11 N–H and O–H groups in total. The first kappa shape index (κ1) is 56.6. The lowest BCUT2D eigenvalue weighted by Crippen LogP contribution is -2.66. The van der Waals surface area contributed by atoms with E-state index in [9.17, 15) is 86.0 Å². The normalized spacial score (nSPS) is 36.9. The number of ether oxygens (including phenoxy) is 1. The number of rotatable bonds is 19. The van der Waals surface area contributed by atoms with Crippen LogP contribution in [0.4, 0.5) is 4.79 Å². The molecule has 4 fully saturated rings. The Morgan fingerprint density at radius 2 is 1.08 bits per heavy atom. The quantitative estimate of drug-likeness (QED) is 0.0436. The van der Waals surface area contributed by atoms with Crippen molar-refractivity contribution in [3.63, 3.8) is 0 Å². The zero-order valence-electron chi connectivity index (χ0n) is 36.6. The van der Waals surface area contributed by atoms with Gasteiger partial charge in [0.25, 0.3) is 0 Å². The highest BCUT2D eigenvalue weighted by atomic mass is 31.2. The van der Waals surface area contributed by atoms with Gasteiger partial charge >= 0.3 is 53.1 Å². The van der Waals surface area contributed by atoms with Crippen molar-refractivity contribution < 1.29 is 122 Å². The fraction of sp³-hybridized carbons (Fsp3) is 0.912. The van der Waals surface area contributed by atoms with Crippen LogP contribution < -0.4 is 0 Å². The minimum Gasteiger partial charge on any atom is -0.430 e. The van der Waals surface area contributed by atoms with Gasteiger partial charge in [-0.3, -0.25) is 32.0 Å². The van der Waals surface area contributed by atoms with Crippen LogP contribution in [0.3, 0.4) is 0 Å². The predicted octanol–water partition coefficient (Wildman–Crippen LogP) is 5.44. The van der Waals surface area contributed by atoms with Crippen LogP contribution in [-0.4, -0.2) is 103 Å². The van der Waals surface area contributed by atoms with Crippen LogP contribution in [0.2, 0.25) is 0 Å². The Morgan fingerprint density at radius 3 is 1.52 bits per heavy atom. The van der Waals surface area contributed by atoms with E-state index in [1.165, 1.54) is 25.7 Å². The first-order valence-corrected chi connectivity index (χ1v) is 30.4. The Morgan fingerprint density at radius 1 is 0.621 bits per heavy atom. The first-order valence-electron chi connectivity index (χ1n) is 21.2. The van der Waals surface area contributed by atoms with Crippen molar-refractivity contribution in [2.75, 3.05) is 0 Å². The number of carbonyl (C=O) groups is 1. The molecular weight excluding hydrogens is 1010 g/mol. The summed E-state index contributed by atoms with van der Waals surface area (Å²) in [6, 6.07) is 0. The Bertz CT molecular complexity index is 2020. The minimum absolute atomic E-state index is 0.200. The van der Waals surface area contributed by atoms with E-state index in [1.807, 2.05) is 0 Å². The average Bonchev–Trinajstić information content (AvgIpc) is 3.47. The second kappa shape index (κ2) is 20.7. The van der Waals surface area contributed by atoms with Gasteiger partial charge in [-0.2, -0.15) is 0 Å². The zero-order valence-corrected chi connectivity index (χ0v) is 42.0. The third-order valence-corrected chi connectivity index (χ3v) is 17.7. The smallest absolute Gasteiger partial charge is 0.430 e. The molecule has 5 aliphatic carbocycles. The van der Waals surface area contributed by atoms with Crippen molar-refractivity contribution in [2.24, 2.45) is 46.3 Å². The molecule has 15 atom stereocenters. The van der Waals surface area contributed by atoms with Crippen LogP contribution in [0.25, 0.3) is 0 Å². The van der Waals surface area contributed by atoms with Gasteiger partial charge in [-0.05, 0) is 91.3 Å². The number of fused-ring (bicyclic) bond motifs is 5. The van der Waals surface area contributed by atoms with Gasteiger partial charge in [0.2, 0.25) is 0 Å². The van der Waals surface area contributed by atoms with Crippen LogP contribution in [0.1, 0.15) is 105 Å². The second-order valence-electron chi connectivity index (χ2n) is 19.0. The fourth-order valence-corrected chi connectivity index (χ4v) is 15.4. The summed E-state index contributed by atoms with van der Waals surface area (Å²) in [6.07, 6.45) is -10.1. The number of hydrogen-bond donors (Lipinski definition) is 11. The van der Waals surface area contributed by atoms with Crippen LogP contribution in [0, 0.1) is 46.3 Å². The van der Waals surface area contributed by atoms with E-state index in [1.54, 1.807) is 0 Å². The van der Waals surface area contributed by atoms with Gasteiger partial charge in [0.15, 0.2) is 0 Å². The second-order valence-corrected chi connectivity index (χ2v) is 26.2. The van der Waals surface area contributed by atoms with E-state index in [0.717, 1.165) is 31.3 Å². The highest BCUT2D eigenvalue weighted by molar-refractivity contribution is 7.48. The van der Waals surface area contributed by atoms with E-state index < -0.39 is 95.8 Å². The van der Waals surface area contributed by atoms with E-state index >= 15 is 0 Å². The monoisotopic (exact) mass is 1070 g/mol. The Hall–Kier alpha value is -0.290. The number of phosphoric ester groups is 6. The van der Waals surface area contributed by atoms with Gasteiger partial charge in [-0.15, -0.1) is 0 Å². The predicted molar refractivity (Wildman–Crippen MR) is 224 cm³/mol. The third-order valence-electron chi connectivity index (χ3n) is 14.2. The maximum absolute atomic E-state index is 13.5. The largest absolute Gasteiger partial charge is 0.532 e. The van der Waals surface area contributed by atoms with E-state index in [-0.39, 0.29) is 23.7 Å². The maximum atomic E-state index is 13.5. The fourth-order valence-electron chi connectivity index (χ4n) is 11.8. The van der Waals surface area contributed by atoms with Crippen molar-refractivity contribution in [2.45, 2.75) is 148 Å². The molecule has 5 rings (SSSR count). The topological polar surface area (TPSA) is 416 Å². The molecule has 26 nitrogen and oxygen atoms in total. The molecule has 0 radical (unpaired) electrons. The van der Waals surface area contributed by atoms with Gasteiger partial charge < -0.3 is 58.2 Å². The average molecular weight is 1070 g/mol. The van der Waals surface area contributed by atoms with Crippen LogP contribution in [0.5, 0.6) is 0 Å². The summed E-state index contributed by atoms with van der Waals surface area (Å²) in [4.78, 5) is 120. The minimum atomic E-state index is -6.26. The molecule has 0 aromatic heterocycles. The molecule has 0 aliphatic heterocycles. The summed E-state index contributed by atoms with van der Waals surface area (Å²) in [5.74, 6) is 3.30. The molecule has 0 aromatic rings. The molecule has 32 heteroatoms. The lowest BCUT2D eigenvalue weighted by Gasteiger charge is -2.58. The van der Waals surface area contributed by atoms with Crippen LogP contribution >= 0.6 is 46.9 Å². The SMILES string of the molecule is CC(C)CCC[C@@H](C)[C@H]1CC[C@H]2[C@@H]3CC=C4C[C@@H](OC(=O)OP(=O)(O)OC5[C@H](OP(=O)(O)O)[C@H](OP(=O)(O)O)C(OP(=O)(O)O)[C@H](OP(=O)(O)O)[C@H]5OP(=O)(O)O)CC[C@]4(C)[C@H]3CC[C@]12C. The number of carbonyl (C=O) groups excluding carboxylic acids is 1. The number of hydrogen-bond acceptors (Lipinski definition) is 15. The molecule has 0 bridgehead atoms. The molecule has 0 spiro atoms. The third kappa shape index (κ3) is 14.7. The molecule has 66 heavy (non-hydrogen) atoms. The maximum Gasteiger partial charge on any atom is 0.532 e. The summed E-state index contributed by atoms with van der Waals surface area (Å²) < 4.78 is 110. The molecule has 5 aliphatic rings. The summed E-state index contributed by atoms with van der Waals surface area (Å²) in [5.41, 5.74) is 1.00. The molecule has 3 unspecified atom stereocenters. The molecule has 0 amide bonds. The van der Waals surface area contributed by atoms with Crippen LogP contribution in [0.15, 0.2) is 11.6 Å². The Labute approximate surface area is 380 Å². The number of allylic oxidation sites excluding steroid dienone is 1. The first-order chi connectivity index (χ1) is 29.9. The van der Waals surface area contributed by atoms with E-state index in [4.69, 9.17) is 9.26 Å². The highest BCUT2D eigenvalue weighted by Gasteiger charge is 2.64. The van der Waals surface area contributed by atoms with Crippen molar-refractivity contribution in [1.82, 2.24) is 0 Å². The van der Waals surface area contributed by atoms with Gasteiger partial charge in [0.1, 0.15) is 42.7 Å². The van der Waals surface area contributed by atoms with Crippen molar-refractivity contribution in [3.8, 4) is 0 Å². The molecule has 0 saturated heterocycles. The van der Waals surface area contributed by atoms with E-state index in [0.29, 0.717) is 41.9 Å². The molecule has 0 heterocycles. The van der Waals surface area contributed by atoms with Gasteiger partial charge in [0, 0.05) is 6.42 Å². The van der Waals surface area contributed by atoms with E-state index in [2.05, 4.69) is 67.8 Å². The Balaban J connectivity index is 1.36. The molecule has 4 saturated carbocycles. The lowest BCUT2D eigenvalue weighted by molar-refractivity contribution is -0.202.